The van der Waals surface area contributed by atoms with Gasteiger partial charge in [-0.05, 0) is 32.6 Å². The Morgan fingerprint density at radius 2 is 1.75 bits per heavy atom. The molecule has 0 aromatic carbocycles. The van der Waals surface area contributed by atoms with E-state index < -0.39 is 0 Å². The Kier molecular flexibility index (Phi) is 4.01. The van der Waals surface area contributed by atoms with E-state index in [9.17, 15) is 4.79 Å². The first-order valence-electron chi connectivity index (χ1n) is 6.97. The zero-order chi connectivity index (χ0) is 11.4. The molecule has 2 aliphatic rings. The summed E-state index contributed by atoms with van der Waals surface area (Å²) in [4.78, 5) is 12.6. The summed E-state index contributed by atoms with van der Waals surface area (Å²) in [5, 5.41) is 0. The predicted molar refractivity (Wildman–Crippen MR) is 64.4 cm³/mol. The standard InChI is InChI=1S/C14H24O2/c1-2-16-14(10-6-3-7-11-14)13(15)12-8-4-5-9-12/h12H,2-11H2,1H3. The number of hydrogen-bond acceptors (Lipinski definition) is 2. The highest BCUT2D eigenvalue weighted by molar-refractivity contribution is 5.89. The van der Waals surface area contributed by atoms with Crippen LogP contribution in [-0.2, 0) is 9.53 Å². The van der Waals surface area contributed by atoms with Crippen LogP contribution in [0.3, 0.4) is 0 Å². The van der Waals surface area contributed by atoms with Crippen LogP contribution < -0.4 is 0 Å². The lowest BCUT2D eigenvalue weighted by Gasteiger charge is -2.37. The van der Waals surface area contributed by atoms with Crippen molar-refractivity contribution in [1.82, 2.24) is 0 Å². The highest BCUT2D eigenvalue weighted by Crippen LogP contribution is 2.38. The van der Waals surface area contributed by atoms with E-state index in [1.165, 1.54) is 32.1 Å². The molecule has 0 N–H and O–H groups in total. The molecule has 2 saturated carbocycles. The average Bonchev–Trinajstić information content (AvgIpc) is 2.83. The summed E-state index contributed by atoms with van der Waals surface area (Å²) in [5.74, 6) is 0.746. The predicted octanol–water partition coefficient (Wildman–Crippen LogP) is 3.49. The van der Waals surface area contributed by atoms with Crippen LogP contribution in [0.25, 0.3) is 0 Å². The molecule has 0 unspecified atom stereocenters. The van der Waals surface area contributed by atoms with E-state index in [2.05, 4.69) is 0 Å². The first-order chi connectivity index (χ1) is 7.78. The molecule has 0 amide bonds. The van der Waals surface area contributed by atoms with Gasteiger partial charge in [0, 0.05) is 12.5 Å². The lowest BCUT2D eigenvalue weighted by molar-refractivity contribution is -0.153. The Bertz CT molecular complexity index is 230. The van der Waals surface area contributed by atoms with Gasteiger partial charge in [0.15, 0.2) is 5.78 Å². The van der Waals surface area contributed by atoms with E-state index in [4.69, 9.17) is 4.74 Å². The normalized spacial score (nSPS) is 25.8. The fraction of sp³-hybridized carbons (Fsp3) is 0.929. The number of ketones is 1. The fourth-order valence-electron chi connectivity index (χ4n) is 3.42. The number of Topliss-reactive ketones (excluding diaryl/α,β-unsaturated/α-hetero) is 1. The SMILES string of the molecule is CCOC1(C(=O)C2CCCC2)CCCCC1. The lowest BCUT2D eigenvalue weighted by Crippen LogP contribution is -2.46. The summed E-state index contributed by atoms with van der Waals surface area (Å²) in [6.07, 6.45) is 10.2. The van der Waals surface area contributed by atoms with Crippen LogP contribution in [0.2, 0.25) is 0 Å². The number of carbonyl (C=O) groups excluding carboxylic acids is 1. The molecule has 0 saturated heterocycles. The molecule has 0 heterocycles. The summed E-state index contributed by atoms with van der Waals surface area (Å²) in [6, 6.07) is 0. The van der Waals surface area contributed by atoms with Crippen LogP contribution in [0.15, 0.2) is 0 Å². The zero-order valence-corrected chi connectivity index (χ0v) is 10.5. The van der Waals surface area contributed by atoms with E-state index in [0.29, 0.717) is 18.3 Å². The van der Waals surface area contributed by atoms with Gasteiger partial charge >= 0.3 is 0 Å². The van der Waals surface area contributed by atoms with Gasteiger partial charge in [0.05, 0.1) is 0 Å². The lowest BCUT2D eigenvalue weighted by atomic mass is 9.77. The Labute approximate surface area is 98.7 Å². The van der Waals surface area contributed by atoms with Crippen LogP contribution >= 0.6 is 0 Å². The Hall–Kier alpha value is -0.370. The van der Waals surface area contributed by atoms with Crippen LogP contribution in [0, 0.1) is 5.92 Å². The monoisotopic (exact) mass is 224 g/mol. The van der Waals surface area contributed by atoms with Gasteiger partial charge in [0.2, 0.25) is 0 Å². The molecule has 0 radical (unpaired) electrons. The third-order valence-corrected chi connectivity index (χ3v) is 4.26. The van der Waals surface area contributed by atoms with E-state index in [0.717, 1.165) is 25.7 Å². The summed E-state index contributed by atoms with van der Waals surface area (Å²) in [6.45, 7) is 2.69. The van der Waals surface area contributed by atoms with E-state index in [-0.39, 0.29) is 5.60 Å². The Morgan fingerprint density at radius 1 is 1.12 bits per heavy atom. The molecule has 0 bridgehead atoms. The largest absolute Gasteiger partial charge is 0.367 e. The van der Waals surface area contributed by atoms with Crippen molar-refractivity contribution in [2.75, 3.05) is 6.61 Å². The average molecular weight is 224 g/mol. The molecule has 0 aromatic rings. The summed E-state index contributed by atoms with van der Waals surface area (Å²) >= 11 is 0. The third kappa shape index (κ3) is 2.32. The fourth-order valence-corrected chi connectivity index (χ4v) is 3.42. The highest BCUT2D eigenvalue weighted by Gasteiger charge is 2.43. The highest BCUT2D eigenvalue weighted by atomic mass is 16.5. The van der Waals surface area contributed by atoms with E-state index in [1.807, 2.05) is 6.92 Å². The molecule has 2 rings (SSSR count). The minimum absolute atomic E-state index is 0.310. The van der Waals surface area contributed by atoms with Crippen molar-refractivity contribution >= 4 is 5.78 Å². The minimum atomic E-state index is -0.387. The molecule has 2 nitrogen and oxygen atoms in total. The maximum Gasteiger partial charge on any atom is 0.167 e. The Morgan fingerprint density at radius 3 is 2.31 bits per heavy atom. The molecule has 0 atom stereocenters. The first-order valence-corrected chi connectivity index (χ1v) is 6.97. The zero-order valence-electron chi connectivity index (χ0n) is 10.5. The van der Waals surface area contributed by atoms with Gasteiger partial charge in [-0.25, -0.2) is 0 Å². The smallest absolute Gasteiger partial charge is 0.167 e. The van der Waals surface area contributed by atoms with Gasteiger partial charge in [0.25, 0.3) is 0 Å². The van der Waals surface area contributed by atoms with E-state index in [1.54, 1.807) is 0 Å². The van der Waals surface area contributed by atoms with Crippen molar-refractivity contribution in [2.24, 2.45) is 5.92 Å². The molecule has 2 fully saturated rings. The number of rotatable bonds is 4. The van der Waals surface area contributed by atoms with E-state index >= 15 is 0 Å². The second kappa shape index (κ2) is 5.31. The van der Waals surface area contributed by atoms with Crippen LogP contribution in [0.1, 0.15) is 64.7 Å². The summed E-state index contributed by atoms with van der Waals surface area (Å²) in [7, 11) is 0. The third-order valence-electron chi connectivity index (χ3n) is 4.26. The van der Waals surface area contributed by atoms with Gasteiger partial charge < -0.3 is 4.74 Å². The molecule has 16 heavy (non-hydrogen) atoms. The molecule has 2 aliphatic carbocycles. The maximum atomic E-state index is 12.6. The van der Waals surface area contributed by atoms with Crippen LogP contribution in [0.4, 0.5) is 0 Å². The molecule has 2 heteroatoms. The molecule has 0 spiro atoms. The Balaban J connectivity index is 2.07. The number of hydrogen-bond donors (Lipinski definition) is 0. The number of carbonyl (C=O) groups is 1. The van der Waals surface area contributed by atoms with Crippen molar-refractivity contribution in [3.63, 3.8) is 0 Å². The topological polar surface area (TPSA) is 26.3 Å². The van der Waals surface area contributed by atoms with Crippen molar-refractivity contribution in [3.8, 4) is 0 Å². The van der Waals surface area contributed by atoms with Crippen molar-refractivity contribution < 1.29 is 9.53 Å². The van der Waals surface area contributed by atoms with Gasteiger partial charge in [-0.2, -0.15) is 0 Å². The van der Waals surface area contributed by atoms with Gasteiger partial charge in [-0.3, -0.25) is 4.79 Å². The van der Waals surface area contributed by atoms with Gasteiger partial charge in [0.1, 0.15) is 5.60 Å². The summed E-state index contributed by atoms with van der Waals surface area (Å²) in [5.41, 5.74) is -0.387. The van der Waals surface area contributed by atoms with Crippen molar-refractivity contribution in [2.45, 2.75) is 70.3 Å². The minimum Gasteiger partial charge on any atom is -0.367 e. The number of ether oxygens (including phenoxy) is 1. The maximum absolute atomic E-state index is 12.6. The molecular weight excluding hydrogens is 200 g/mol. The van der Waals surface area contributed by atoms with Crippen LogP contribution in [0.5, 0.6) is 0 Å². The molecule has 0 aliphatic heterocycles. The van der Waals surface area contributed by atoms with Crippen molar-refractivity contribution in [1.29, 1.82) is 0 Å². The molecular formula is C14H24O2. The van der Waals surface area contributed by atoms with Gasteiger partial charge in [-0.1, -0.05) is 32.1 Å². The van der Waals surface area contributed by atoms with Crippen LogP contribution in [-0.4, -0.2) is 18.0 Å². The first kappa shape index (κ1) is 12.1. The summed E-state index contributed by atoms with van der Waals surface area (Å²) < 4.78 is 5.90. The molecule has 92 valence electrons. The quantitative estimate of drug-likeness (QED) is 0.730. The second-order valence-electron chi connectivity index (χ2n) is 5.33. The van der Waals surface area contributed by atoms with Crippen molar-refractivity contribution in [3.05, 3.63) is 0 Å². The second-order valence-corrected chi connectivity index (χ2v) is 5.33. The molecule has 0 aromatic heterocycles. The van der Waals surface area contributed by atoms with Gasteiger partial charge in [-0.15, -0.1) is 0 Å².